The zero-order chi connectivity index (χ0) is 3.91. The lowest BCUT2D eigenvalue weighted by Crippen LogP contribution is -1.67. The van der Waals surface area contributed by atoms with Gasteiger partial charge in [-0.3, -0.25) is 0 Å². The van der Waals surface area contributed by atoms with Crippen molar-refractivity contribution in [3.05, 3.63) is 0 Å². The number of hydrogen-bond donors (Lipinski definition) is 2. The molecule has 0 amide bonds. The second-order valence-electron chi connectivity index (χ2n) is 0.715. The van der Waals surface area contributed by atoms with Gasteiger partial charge in [0.05, 0.1) is 0 Å². The molecule has 0 saturated carbocycles. The normalized spacial score (nSPS) is 30.0. The summed E-state index contributed by atoms with van der Waals surface area (Å²) in [5, 5.41) is 0. The van der Waals surface area contributed by atoms with Gasteiger partial charge in [0.15, 0.2) is 2.74 Å². The maximum atomic E-state index is 4.02. The first kappa shape index (κ1) is 4.56. The molecule has 0 radical (unpaired) electrons. The van der Waals surface area contributed by atoms with E-state index in [2.05, 4.69) is 25.3 Å². The molecule has 0 aromatic heterocycles. The highest BCUT2D eigenvalue weighted by atomic mass is 33.2. The van der Waals surface area contributed by atoms with Crippen LogP contribution in [0.25, 0.3) is 0 Å². The van der Waals surface area contributed by atoms with Gasteiger partial charge in [0.2, 0.25) is 0 Å². The van der Waals surface area contributed by atoms with Crippen molar-refractivity contribution >= 4 is 46.8 Å². The van der Waals surface area contributed by atoms with Gasteiger partial charge in [-0.15, -0.1) is 25.3 Å². The predicted octanol–water partition coefficient (Wildman–Crippen LogP) is 1.85. The fraction of sp³-hybridized carbons (Fsp3) is 1.00. The summed E-state index contributed by atoms with van der Waals surface area (Å²) in [6.07, 6.45) is 0. The van der Waals surface area contributed by atoms with Crippen LogP contribution in [0.1, 0.15) is 0 Å². The Morgan fingerprint density at radius 2 is 1.40 bits per heavy atom. The molecule has 0 nitrogen and oxygen atoms in total. The molecule has 0 aliphatic carbocycles. The van der Waals surface area contributed by atoms with Gasteiger partial charge < -0.3 is 0 Å². The molecule has 1 aliphatic heterocycles. The monoisotopic (exact) mass is 142 g/mol. The Balaban J connectivity index is 2.38. The van der Waals surface area contributed by atoms with Gasteiger partial charge in [-0.05, 0) is 0 Å². The molecular formula is CH2S4. The molecule has 1 aliphatic rings. The van der Waals surface area contributed by atoms with E-state index in [-0.39, 0.29) is 2.74 Å². The minimum atomic E-state index is -0.0278. The molecule has 1 rings (SSSR count). The van der Waals surface area contributed by atoms with Crippen molar-refractivity contribution in [1.82, 2.24) is 0 Å². The van der Waals surface area contributed by atoms with Gasteiger partial charge in [0, 0.05) is 0 Å². The van der Waals surface area contributed by atoms with E-state index >= 15 is 0 Å². The van der Waals surface area contributed by atoms with E-state index in [9.17, 15) is 0 Å². The molecule has 1 fully saturated rings. The van der Waals surface area contributed by atoms with Crippen molar-refractivity contribution < 1.29 is 0 Å². The largest absolute Gasteiger partial charge is 0.167 e. The summed E-state index contributed by atoms with van der Waals surface area (Å²) in [6, 6.07) is 0. The molecular weight excluding hydrogens is 140 g/mol. The Kier molecular flexibility index (Phi) is 1.08. The molecule has 1 heterocycles. The third-order valence-electron chi connectivity index (χ3n) is 0.232. The lowest BCUT2D eigenvalue weighted by molar-refractivity contribution is 2.06. The topological polar surface area (TPSA) is 0 Å². The highest BCUT2D eigenvalue weighted by molar-refractivity contribution is 9.00. The molecule has 1 saturated heterocycles. The Morgan fingerprint density at radius 3 is 1.40 bits per heavy atom. The van der Waals surface area contributed by atoms with Crippen LogP contribution in [0.15, 0.2) is 0 Å². The van der Waals surface area contributed by atoms with Crippen LogP contribution in [0.2, 0.25) is 0 Å². The summed E-state index contributed by atoms with van der Waals surface area (Å²) in [7, 11) is 3.34. The number of hydrogen-bond acceptors (Lipinski definition) is 4. The van der Waals surface area contributed by atoms with E-state index in [1.165, 1.54) is 0 Å². The minimum absolute atomic E-state index is 0.0278. The van der Waals surface area contributed by atoms with Crippen LogP contribution in [-0.4, -0.2) is 2.74 Å². The summed E-state index contributed by atoms with van der Waals surface area (Å²) < 4.78 is -0.0278. The summed E-state index contributed by atoms with van der Waals surface area (Å²) in [4.78, 5) is 0. The number of thiol groups is 2. The predicted molar refractivity (Wildman–Crippen MR) is 35.9 cm³/mol. The van der Waals surface area contributed by atoms with E-state index in [1.54, 1.807) is 21.6 Å². The van der Waals surface area contributed by atoms with Gasteiger partial charge in [-0.25, -0.2) is 0 Å². The second-order valence-corrected chi connectivity index (χ2v) is 6.44. The molecule has 0 aromatic rings. The molecule has 0 atom stereocenters. The Labute approximate surface area is 49.7 Å². The van der Waals surface area contributed by atoms with Crippen molar-refractivity contribution in [1.29, 1.82) is 0 Å². The van der Waals surface area contributed by atoms with Crippen LogP contribution >= 0.6 is 46.8 Å². The summed E-state index contributed by atoms with van der Waals surface area (Å²) in [5.41, 5.74) is 0. The van der Waals surface area contributed by atoms with E-state index < -0.39 is 0 Å². The minimum Gasteiger partial charge on any atom is -0.139 e. The zero-order valence-corrected chi connectivity index (χ0v) is 5.63. The zero-order valence-electron chi connectivity index (χ0n) is 2.21. The van der Waals surface area contributed by atoms with Crippen LogP contribution in [0, 0.1) is 0 Å². The summed E-state index contributed by atoms with van der Waals surface area (Å²) in [5.74, 6) is 0. The molecule has 30 valence electrons. The highest BCUT2D eigenvalue weighted by Crippen LogP contribution is 2.69. The van der Waals surface area contributed by atoms with E-state index in [4.69, 9.17) is 0 Å². The smallest absolute Gasteiger partial charge is 0.139 e. The fourth-order valence-corrected chi connectivity index (χ4v) is 1.01. The number of rotatable bonds is 0. The molecule has 4 heteroatoms. The molecule has 0 spiro atoms. The summed E-state index contributed by atoms with van der Waals surface area (Å²) in [6.45, 7) is 0. The highest BCUT2D eigenvalue weighted by Gasteiger charge is 2.37. The van der Waals surface area contributed by atoms with Crippen molar-refractivity contribution in [2.75, 3.05) is 0 Å². The lowest BCUT2D eigenvalue weighted by Gasteiger charge is -1.78. The third-order valence-corrected chi connectivity index (χ3v) is 4.77. The van der Waals surface area contributed by atoms with Gasteiger partial charge in [0.1, 0.15) is 0 Å². The first-order valence-corrected chi connectivity index (χ1v) is 4.07. The van der Waals surface area contributed by atoms with Crippen LogP contribution in [-0.2, 0) is 0 Å². The van der Waals surface area contributed by atoms with Gasteiger partial charge >= 0.3 is 0 Å². The summed E-state index contributed by atoms with van der Waals surface area (Å²) >= 11 is 8.05. The average Bonchev–Trinajstić information content (AvgIpc) is 1.76. The Bertz CT molecular complexity index is 41.6. The quantitative estimate of drug-likeness (QED) is 0.229. The van der Waals surface area contributed by atoms with E-state index in [0.717, 1.165) is 0 Å². The lowest BCUT2D eigenvalue weighted by atomic mass is 11.8. The van der Waals surface area contributed by atoms with Crippen LogP contribution in [0.3, 0.4) is 0 Å². The molecule has 0 aromatic carbocycles. The molecule has 0 bridgehead atoms. The van der Waals surface area contributed by atoms with Crippen molar-refractivity contribution in [2.45, 2.75) is 2.74 Å². The van der Waals surface area contributed by atoms with Gasteiger partial charge in [0.25, 0.3) is 0 Å². The molecule has 0 unspecified atom stereocenters. The third kappa shape index (κ3) is 1.52. The van der Waals surface area contributed by atoms with E-state index in [1.807, 2.05) is 0 Å². The van der Waals surface area contributed by atoms with Crippen LogP contribution < -0.4 is 0 Å². The average molecular weight is 142 g/mol. The maximum Gasteiger partial charge on any atom is 0.167 e. The first-order valence-electron chi connectivity index (χ1n) is 1.02. The SMILES string of the molecule is SC1(S)SS1. The van der Waals surface area contributed by atoms with Gasteiger partial charge in [-0.2, -0.15) is 0 Å². The molecule has 5 heavy (non-hydrogen) atoms. The maximum absolute atomic E-state index is 4.02. The molecule has 0 N–H and O–H groups in total. The standard InChI is InChI=1S/CH2S4/c2-1(3)4-5-1/h2-3H. The van der Waals surface area contributed by atoms with Crippen molar-refractivity contribution in [3.8, 4) is 0 Å². The first-order chi connectivity index (χ1) is 2.21. The Hall–Kier alpha value is 1.40. The van der Waals surface area contributed by atoms with Crippen LogP contribution in [0.4, 0.5) is 0 Å². The van der Waals surface area contributed by atoms with Crippen LogP contribution in [0.5, 0.6) is 0 Å². The van der Waals surface area contributed by atoms with E-state index in [0.29, 0.717) is 0 Å². The fourth-order valence-electron chi connectivity index (χ4n) is 0.0373. The van der Waals surface area contributed by atoms with Gasteiger partial charge in [-0.1, -0.05) is 21.6 Å². The second kappa shape index (κ2) is 1.18. The Morgan fingerprint density at radius 1 is 1.20 bits per heavy atom. The van der Waals surface area contributed by atoms with Crippen molar-refractivity contribution in [2.24, 2.45) is 0 Å². The van der Waals surface area contributed by atoms with Crippen molar-refractivity contribution in [3.63, 3.8) is 0 Å².